The van der Waals surface area contributed by atoms with Crippen LogP contribution in [0.2, 0.25) is 0 Å². The Bertz CT molecular complexity index is 930. The summed E-state index contributed by atoms with van der Waals surface area (Å²) >= 11 is 0. The Morgan fingerprint density at radius 1 is 1.36 bits per heavy atom. The van der Waals surface area contributed by atoms with E-state index in [0.717, 1.165) is 11.5 Å². The fourth-order valence-electron chi connectivity index (χ4n) is 2.91. The summed E-state index contributed by atoms with van der Waals surface area (Å²) in [6.45, 7) is 0.491. The highest BCUT2D eigenvalue weighted by molar-refractivity contribution is 6.03. The summed E-state index contributed by atoms with van der Waals surface area (Å²) in [7, 11) is 0. The van der Waals surface area contributed by atoms with Gasteiger partial charge in [-0.25, -0.2) is 4.79 Å². The Balaban J connectivity index is 1.77. The normalized spacial score (nSPS) is 24.0. The van der Waals surface area contributed by atoms with E-state index in [1.54, 1.807) is 30.3 Å². The van der Waals surface area contributed by atoms with E-state index >= 15 is 0 Å². The van der Waals surface area contributed by atoms with Gasteiger partial charge in [-0.2, -0.15) is 4.98 Å². The number of ether oxygens (including phenoxy) is 2. The molecular weight excluding hydrogens is 370 g/mol. The average Bonchev–Trinajstić information content (AvgIpc) is 2.97. The van der Waals surface area contributed by atoms with Crippen LogP contribution in [0.25, 0.3) is 0 Å². The van der Waals surface area contributed by atoms with Gasteiger partial charge in [0.15, 0.2) is 0 Å². The van der Waals surface area contributed by atoms with E-state index in [4.69, 9.17) is 9.47 Å². The predicted octanol–water partition coefficient (Wildman–Crippen LogP) is 0.0271. The molecule has 1 aromatic heterocycles. The van der Waals surface area contributed by atoms with Gasteiger partial charge in [0.1, 0.15) is 18.1 Å². The number of nitrogens with zero attached hydrogens (tertiary/aromatic N) is 2. The zero-order chi connectivity index (χ0) is 20.3. The van der Waals surface area contributed by atoms with Crippen LogP contribution in [0.5, 0.6) is 0 Å². The third kappa shape index (κ3) is 4.09. The third-order valence-electron chi connectivity index (χ3n) is 4.20. The molecule has 10 nitrogen and oxygen atoms in total. The molecule has 1 aliphatic heterocycles. The average molecular weight is 389 g/mol. The van der Waals surface area contributed by atoms with Crippen molar-refractivity contribution in [3.05, 3.63) is 58.6 Å². The van der Waals surface area contributed by atoms with Gasteiger partial charge < -0.3 is 25.0 Å². The number of aliphatic hydroxyl groups excluding tert-OH is 1. The number of hydrogen-bond donors (Lipinski definition) is 3. The molecule has 3 rings (SSSR count). The largest absolute Gasteiger partial charge is 0.430 e. The van der Waals surface area contributed by atoms with Gasteiger partial charge in [0.05, 0.1) is 13.0 Å². The van der Waals surface area contributed by atoms with E-state index in [-0.39, 0.29) is 12.2 Å². The first-order chi connectivity index (χ1) is 13.3. The van der Waals surface area contributed by atoms with Gasteiger partial charge >= 0.3 is 11.7 Å². The first-order valence-electron chi connectivity index (χ1n) is 8.46. The molecule has 0 aliphatic carbocycles. The van der Waals surface area contributed by atoms with Gasteiger partial charge in [-0.05, 0) is 18.2 Å². The highest BCUT2D eigenvalue weighted by Gasteiger charge is 2.51. The molecule has 3 atom stereocenters. The van der Waals surface area contributed by atoms with Crippen molar-refractivity contribution in [2.75, 3.05) is 11.9 Å². The maximum Gasteiger partial charge on any atom is 0.351 e. The van der Waals surface area contributed by atoms with Crippen LogP contribution in [0.1, 0.15) is 29.9 Å². The van der Waals surface area contributed by atoms with Crippen LogP contribution in [0.4, 0.5) is 5.82 Å². The van der Waals surface area contributed by atoms with Crippen molar-refractivity contribution in [1.82, 2.24) is 9.55 Å². The zero-order valence-electron chi connectivity index (χ0n) is 14.9. The lowest BCUT2D eigenvalue weighted by Gasteiger charge is -2.25. The second-order valence-electron chi connectivity index (χ2n) is 6.23. The number of hydrogen-bond acceptors (Lipinski definition) is 8. The summed E-state index contributed by atoms with van der Waals surface area (Å²) in [4.78, 5) is 39.5. The number of rotatable bonds is 5. The number of carbonyl (C=O) groups is 2. The van der Waals surface area contributed by atoms with Crippen LogP contribution >= 0.6 is 0 Å². The molecule has 28 heavy (non-hydrogen) atoms. The predicted molar refractivity (Wildman–Crippen MR) is 95.2 cm³/mol. The standard InChI is InChI=1S/C18H19N3O7/c1-11(23)28-18(26)9-15(27-13(18)10-22)21-8-7-14(20-17(21)25)19-16(24)12-5-3-2-4-6-12/h2-8,13,15,22,26H,9-10H2,1H3,(H,19,20,24,25)/t13-,15-,18-/m1/s1. The number of benzene rings is 1. The molecule has 0 spiro atoms. The molecule has 0 unspecified atom stereocenters. The second kappa shape index (κ2) is 7.89. The lowest BCUT2D eigenvalue weighted by Crippen LogP contribution is -2.44. The van der Waals surface area contributed by atoms with Gasteiger partial charge in [0.2, 0.25) is 5.79 Å². The second-order valence-corrected chi connectivity index (χ2v) is 6.23. The number of carbonyl (C=O) groups excluding carboxylic acids is 2. The monoisotopic (exact) mass is 389 g/mol. The number of esters is 1. The molecule has 0 radical (unpaired) electrons. The number of amides is 1. The SMILES string of the molecule is CC(=O)O[C@]1(O)C[C@H](n2ccc(NC(=O)c3ccccc3)nc2=O)O[C@@H]1CO. The third-order valence-corrected chi connectivity index (χ3v) is 4.20. The van der Waals surface area contributed by atoms with Crippen LogP contribution < -0.4 is 11.0 Å². The summed E-state index contributed by atoms with van der Waals surface area (Å²) in [6, 6.07) is 9.82. The molecule has 1 aliphatic rings. The Hall–Kier alpha value is -3.08. The van der Waals surface area contributed by atoms with E-state index in [2.05, 4.69) is 10.3 Å². The summed E-state index contributed by atoms with van der Waals surface area (Å²) in [5, 5.41) is 22.3. The van der Waals surface area contributed by atoms with Crippen molar-refractivity contribution in [2.24, 2.45) is 0 Å². The van der Waals surface area contributed by atoms with Gasteiger partial charge in [-0.15, -0.1) is 0 Å². The first kappa shape index (κ1) is 19.7. The summed E-state index contributed by atoms with van der Waals surface area (Å²) in [5.74, 6) is -3.20. The molecule has 2 aromatic rings. The van der Waals surface area contributed by atoms with Crippen LogP contribution in [-0.2, 0) is 14.3 Å². The molecule has 1 amide bonds. The number of aliphatic hydroxyl groups is 2. The Morgan fingerprint density at radius 2 is 2.07 bits per heavy atom. The van der Waals surface area contributed by atoms with E-state index in [1.807, 2.05) is 0 Å². The number of anilines is 1. The maximum atomic E-state index is 12.3. The van der Waals surface area contributed by atoms with E-state index in [1.165, 1.54) is 12.3 Å². The van der Waals surface area contributed by atoms with Gasteiger partial charge in [-0.1, -0.05) is 18.2 Å². The number of aromatic nitrogens is 2. The molecule has 0 saturated carbocycles. The van der Waals surface area contributed by atoms with Gasteiger partial charge in [-0.3, -0.25) is 14.2 Å². The zero-order valence-corrected chi connectivity index (χ0v) is 14.9. The molecule has 1 fully saturated rings. The lowest BCUT2D eigenvalue weighted by atomic mass is 10.1. The smallest absolute Gasteiger partial charge is 0.351 e. The molecule has 10 heteroatoms. The molecule has 2 heterocycles. The van der Waals surface area contributed by atoms with Gasteiger partial charge in [0.25, 0.3) is 5.91 Å². The minimum Gasteiger partial charge on any atom is -0.430 e. The van der Waals surface area contributed by atoms with E-state index < -0.39 is 42.3 Å². The minimum atomic E-state index is -2.06. The highest BCUT2D eigenvalue weighted by atomic mass is 16.7. The molecule has 0 bridgehead atoms. The Kier molecular flexibility index (Phi) is 5.54. The van der Waals surface area contributed by atoms with Crippen molar-refractivity contribution in [1.29, 1.82) is 0 Å². The maximum absolute atomic E-state index is 12.3. The topological polar surface area (TPSA) is 140 Å². The van der Waals surface area contributed by atoms with Crippen LogP contribution in [0.15, 0.2) is 47.4 Å². The quantitative estimate of drug-likeness (QED) is 0.481. The van der Waals surface area contributed by atoms with E-state index in [9.17, 15) is 24.6 Å². The summed E-state index contributed by atoms with van der Waals surface area (Å²) in [6.07, 6.45) is -1.17. The molecule has 1 aromatic carbocycles. The van der Waals surface area contributed by atoms with Crippen LogP contribution in [0.3, 0.4) is 0 Å². The molecule has 1 saturated heterocycles. The Labute approximate surface area is 159 Å². The van der Waals surface area contributed by atoms with Crippen molar-refractivity contribution in [3.8, 4) is 0 Å². The minimum absolute atomic E-state index is 0.0436. The fourth-order valence-corrected chi connectivity index (χ4v) is 2.91. The van der Waals surface area contributed by atoms with Crippen molar-refractivity contribution in [3.63, 3.8) is 0 Å². The van der Waals surface area contributed by atoms with Crippen molar-refractivity contribution < 1.29 is 29.3 Å². The van der Waals surface area contributed by atoms with Crippen molar-refractivity contribution in [2.45, 2.75) is 31.5 Å². The molecular formula is C18H19N3O7. The molecule has 148 valence electrons. The highest BCUT2D eigenvalue weighted by Crippen LogP contribution is 2.37. The Morgan fingerprint density at radius 3 is 2.68 bits per heavy atom. The summed E-state index contributed by atoms with van der Waals surface area (Å²) in [5.41, 5.74) is -0.343. The van der Waals surface area contributed by atoms with Gasteiger partial charge in [0, 0.05) is 18.7 Å². The molecule has 3 N–H and O–H groups in total. The lowest BCUT2D eigenvalue weighted by molar-refractivity contribution is -0.229. The van der Waals surface area contributed by atoms with E-state index in [0.29, 0.717) is 5.56 Å². The summed E-state index contributed by atoms with van der Waals surface area (Å²) < 4.78 is 11.4. The van der Waals surface area contributed by atoms with Crippen LogP contribution in [0, 0.1) is 0 Å². The van der Waals surface area contributed by atoms with Crippen LogP contribution in [-0.4, -0.2) is 50.1 Å². The first-order valence-corrected chi connectivity index (χ1v) is 8.46. The van der Waals surface area contributed by atoms with Crippen molar-refractivity contribution >= 4 is 17.7 Å². The number of nitrogens with one attached hydrogen (secondary N) is 1. The fraction of sp³-hybridized carbons (Fsp3) is 0.333.